The first-order valence-electron chi connectivity index (χ1n) is 9.09. The van der Waals surface area contributed by atoms with Crippen molar-refractivity contribution in [3.63, 3.8) is 0 Å². The molecule has 2 heterocycles. The van der Waals surface area contributed by atoms with Gasteiger partial charge in [0, 0.05) is 18.9 Å². The molecule has 5 heteroatoms. The number of aliphatic imine (C=N–C) groups is 1. The molecule has 4 nitrogen and oxygen atoms in total. The van der Waals surface area contributed by atoms with E-state index in [9.17, 15) is 4.79 Å². The van der Waals surface area contributed by atoms with Gasteiger partial charge in [0.25, 0.3) is 5.91 Å². The van der Waals surface area contributed by atoms with E-state index in [1.165, 1.54) is 17.3 Å². The van der Waals surface area contributed by atoms with Crippen molar-refractivity contribution in [3.05, 3.63) is 101 Å². The zero-order valence-corrected chi connectivity index (χ0v) is 16.0. The number of hydrogen-bond acceptors (Lipinski definition) is 4. The minimum Gasteiger partial charge on any atom is -0.286 e. The topological polar surface area (TPSA) is 45.6 Å². The lowest BCUT2D eigenvalue weighted by Crippen LogP contribution is -2.31. The number of rotatable bonds is 5. The average molecular weight is 385 g/mol. The Balaban J connectivity index is 1.62. The number of aromatic nitrogens is 1. The van der Waals surface area contributed by atoms with Crippen LogP contribution in [0.5, 0.6) is 0 Å². The Morgan fingerprint density at radius 3 is 2.43 bits per heavy atom. The molecule has 1 fully saturated rings. The number of pyridine rings is 1. The molecule has 2 aromatic carbocycles. The Morgan fingerprint density at radius 2 is 1.71 bits per heavy atom. The van der Waals surface area contributed by atoms with Crippen LogP contribution in [0.15, 0.2) is 95.1 Å². The molecule has 4 rings (SSSR count). The highest BCUT2D eigenvalue weighted by Gasteiger charge is 2.33. The van der Waals surface area contributed by atoms with Gasteiger partial charge in [-0.25, -0.2) is 4.99 Å². The first kappa shape index (κ1) is 18.2. The van der Waals surface area contributed by atoms with Crippen LogP contribution < -0.4 is 0 Å². The van der Waals surface area contributed by atoms with Gasteiger partial charge in [0.1, 0.15) is 0 Å². The van der Waals surface area contributed by atoms with Crippen LogP contribution in [-0.4, -0.2) is 27.5 Å². The summed E-state index contributed by atoms with van der Waals surface area (Å²) >= 11 is 1.41. The summed E-state index contributed by atoms with van der Waals surface area (Å²) < 4.78 is 0. The van der Waals surface area contributed by atoms with Crippen LogP contribution in [0.2, 0.25) is 0 Å². The molecule has 138 valence electrons. The van der Waals surface area contributed by atoms with Crippen molar-refractivity contribution in [1.29, 1.82) is 0 Å². The van der Waals surface area contributed by atoms with Crippen molar-refractivity contribution in [2.45, 2.75) is 6.42 Å². The normalized spacial score (nSPS) is 16.9. The minimum absolute atomic E-state index is 0.0144. The number of carbonyl (C=O) groups is 1. The maximum Gasteiger partial charge on any atom is 0.266 e. The van der Waals surface area contributed by atoms with Gasteiger partial charge in [0.05, 0.1) is 10.6 Å². The molecule has 1 aliphatic heterocycles. The van der Waals surface area contributed by atoms with Crippen LogP contribution in [0, 0.1) is 0 Å². The highest BCUT2D eigenvalue weighted by atomic mass is 32.2. The number of hydrogen-bond donors (Lipinski definition) is 0. The molecule has 28 heavy (non-hydrogen) atoms. The lowest BCUT2D eigenvalue weighted by atomic mass is 10.1. The van der Waals surface area contributed by atoms with Crippen molar-refractivity contribution in [3.8, 4) is 0 Å². The van der Waals surface area contributed by atoms with E-state index < -0.39 is 0 Å². The molecule has 0 spiro atoms. The number of amides is 1. The Hall–Kier alpha value is -3.18. The first-order valence-corrected chi connectivity index (χ1v) is 9.90. The van der Waals surface area contributed by atoms with Gasteiger partial charge in [-0.15, -0.1) is 0 Å². The van der Waals surface area contributed by atoms with E-state index in [2.05, 4.69) is 17.1 Å². The number of amidine groups is 1. The van der Waals surface area contributed by atoms with Gasteiger partial charge >= 0.3 is 0 Å². The van der Waals surface area contributed by atoms with Gasteiger partial charge in [-0.1, -0.05) is 54.6 Å². The van der Waals surface area contributed by atoms with Crippen LogP contribution in [0.3, 0.4) is 0 Å². The van der Waals surface area contributed by atoms with Gasteiger partial charge in [-0.2, -0.15) is 0 Å². The Bertz CT molecular complexity index is 1000. The van der Waals surface area contributed by atoms with Crippen LogP contribution in [0.1, 0.15) is 11.1 Å². The first-order chi connectivity index (χ1) is 13.8. The summed E-state index contributed by atoms with van der Waals surface area (Å²) in [7, 11) is 0. The third-order valence-electron chi connectivity index (χ3n) is 4.32. The van der Waals surface area contributed by atoms with Crippen molar-refractivity contribution < 1.29 is 4.79 Å². The molecule has 1 amide bonds. The summed E-state index contributed by atoms with van der Waals surface area (Å²) in [5.74, 6) is -0.0144. The highest BCUT2D eigenvalue weighted by molar-refractivity contribution is 8.18. The fourth-order valence-electron chi connectivity index (χ4n) is 2.90. The molecule has 3 aromatic rings. The fourth-order valence-corrected chi connectivity index (χ4v) is 3.92. The monoisotopic (exact) mass is 385 g/mol. The number of benzene rings is 2. The average Bonchev–Trinajstić information content (AvgIpc) is 3.03. The molecule has 1 saturated heterocycles. The number of carbonyl (C=O) groups excluding carboxylic acids is 1. The van der Waals surface area contributed by atoms with Crippen LogP contribution in [-0.2, 0) is 11.2 Å². The van der Waals surface area contributed by atoms with Crippen molar-refractivity contribution >= 4 is 34.6 Å². The van der Waals surface area contributed by atoms with E-state index in [-0.39, 0.29) is 5.91 Å². The molecule has 0 N–H and O–H groups in total. The molecule has 1 aromatic heterocycles. The predicted octanol–water partition coefficient (Wildman–Crippen LogP) is 4.93. The third-order valence-corrected chi connectivity index (χ3v) is 5.32. The number of thioether (sulfide) groups is 1. The summed E-state index contributed by atoms with van der Waals surface area (Å²) in [4.78, 5) is 24.3. The lowest BCUT2D eigenvalue weighted by Gasteiger charge is -2.15. The molecular formula is C23H19N3OS. The minimum atomic E-state index is -0.0144. The molecular weight excluding hydrogens is 366 g/mol. The van der Waals surface area contributed by atoms with Gasteiger partial charge in [0.2, 0.25) is 0 Å². The summed E-state index contributed by atoms with van der Waals surface area (Å²) in [6, 6.07) is 23.7. The van der Waals surface area contributed by atoms with Crippen molar-refractivity contribution in [2.75, 3.05) is 6.54 Å². The molecule has 0 saturated carbocycles. The van der Waals surface area contributed by atoms with Crippen LogP contribution in [0.4, 0.5) is 5.69 Å². The molecule has 0 radical (unpaired) electrons. The van der Waals surface area contributed by atoms with Gasteiger partial charge in [-0.3, -0.25) is 14.7 Å². The number of para-hydroxylation sites is 1. The van der Waals surface area contributed by atoms with Gasteiger partial charge in [-0.05, 0) is 53.6 Å². The second kappa shape index (κ2) is 8.67. The van der Waals surface area contributed by atoms with Crippen LogP contribution >= 0.6 is 11.8 Å². The second-order valence-electron chi connectivity index (χ2n) is 6.32. The molecule has 0 atom stereocenters. The van der Waals surface area contributed by atoms with Crippen molar-refractivity contribution in [2.24, 2.45) is 4.99 Å². The summed E-state index contributed by atoms with van der Waals surface area (Å²) in [5, 5.41) is 0.710. The zero-order chi connectivity index (χ0) is 19.2. The van der Waals surface area contributed by atoms with E-state index >= 15 is 0 Å². The largest absolute Gasteiger partial charge is 0.286 e. The highest BCUT2D eigenvalue weighted by Crippen LogP contribution is 2.34. The van der Waals surface area contributed by atoms with Crippen LogP contribution in [0.25, 0.3) is 6.08 Å². The summed E-state index contributed by atoms with van der Waals surface area (Å²) in [5.41, 5.74) is 2.94. The summed E-state index contributed by atoms with van der Waals surface area (Å²) in [6.45, 7) is 0.589. The predicted molar refractivity (Wildman–Crippen MR) is 115 cm³/mol. The van der Waals surface area contributed by atoms with E-state index in [0.29, 0.717) is 16.6 Å². The zero-order valence-electron chi connectivity index (χ0n) is 15.2. The van der Waals surface area contributed by atoms with E-state index in [1.807, 2.05) is 66.7 Å². The Kier molecular flexibility index (Phi) is 5.64. The van der Waals surface area contributed by atoms with E-state index in [0.717, 1.165) is 17.7 Å². The Morgan fingerprint density at radius 1 is 0.964 bits per heavy atom. The third kappa shape index (κ3) is 4.38. The number of nitrogens with zero attached hydrogens (tertiary/aromatic N) is 3. The Labute approximate surface area is 168 Å². The fraction of sp³-hybridized carbons (Fsp3) is 0.0870. The van der Waals surface area contributed by atoms with E-state index in [4.69, 9.17) is 4.99 Å². The quantitative estimate of drug-likeness (QED) is 0.585. The lowest BCUT2D eigenvalue weighted by molar-refractivity contribution is -0.122. The smallest absolute Gasteiger partial charge is 0.266 e. The van der Waals surface area contributed by atoms with Gasteiger partial charge < -0.3 is 0 Å². The SMILES string of the molecule is O=C1C(=Cc2cccnc2)SC(=Nc2ccccc2)N1CCc1ccccc1. The standard InChI is InChI=1S/C23H19N3OS/c27-22-21(16-19-10-7-14-24-17-19)28-23(25-20-11-5-2-6-12-20)26(22)15-13-18-8-3-1-4-9-18/h1-12,14,16-17H,13,15H2. The summed E-state index contributed by atoms with van der Waals surface area (Å²) in [6.07, 6.45) is 6.13. The maximum absolute atomic E-state index is 13.1. The van der Waals surface area contributed by atoms with E-state index in [1.54, 1.807) is 17.3 Å². The molecule has 1 aliphatic rings. The second-order valence-corrected chi connectivity index (χ2v) is 7.33. The maximum atomic E-state index is 13.1. The molecule has 0 bridgehead atoms. The molecule has 0 unspecified atom stereocenters. The van der Waals surface area contributed by atoms with Gasteiger partial charge in [0.15, 0.2) is 5.17 Å². The van der Waals surface area contributed by atoms with Crippen molar-refractivity contribution in [1.82, 2.24) is 9.88 Å². The molecule has 0 aliphatic carbocycles.